The van der Waals surface area contributed by atoms with Gasteiger partial charge in [0.05, 0.1) is 12.6 Å². The molecule has 0 radical (unpaired) electrons. The lowest BCUT2D eigenvalue weighted by molar-refractivity contribution is 0.0875. The molecule has 3 N–H and O–H groups in total. The van der Waals surface area contributed by atoms with E-state index >= 15 is 0 Å². The molecule has 1 saturated heterocycles. The molecule has 4 nitrogen and oxygen atoms in total. The summed E-state index contributed by atoms with van der Waals surface area (Å²) in [4.78, 5) is 4.23. The fourth-order valence-corrected chi connectivity index (χ4v) is 2.27. The molecule has 0 bridgehead atoms. The number of anilines is 2. The largest absolute Gasteiger partial charge is 0.384 e. The van der Waals surface area contributed by atoms with Gasteiger partial charge in [-0.3, -0.25) is 0 Å². The van der Waals surface area contributed by atoms with Crippen molar-refractivity contribution in [2.75, 3.05) is 24.3 Å². The van der Waals surface area contributed by atoms with Crippen molar-refractivity contribution in [1.82, 2.24) is 4.98 Å². The van der Waals surface area contributed by atoms with Crippen molar-refractivity contribution < 1.29 is 4.74 Å². The molecular weight excluding hydrogens is 305 g/mol. The minimum atomic E-state index is 0.365. The van der Waals surface area contributed by atoms with Gasteiger partial charge in [-0.2, -0.15) is 0 Å². The summed E-state index contributed by atoms with van der Waals surface area (Å²) in [6.45, 7) is 1.63. The smallest absolute Gasteiger partial charge is 0.129 e. The Hall–Kier alpha value is -0.560. The summed E-state index contributed by atoms with van der Waals surface area (Å²) in [6, 6.07) is 4.21. The average Bonchev–Trinajstić information content (AvgIpc) is 2.17. The Balaban J connectivity index is 2.02. The van der Waals surface area contributed by atoms with Crippen molar-refractivity contribution in [3.63, 3.8) is 0 Å². The van der Waals surface area contributed by atoms with E-state index in [-0.39, 0.29) is 0 Å². The van der Waals surface area contributed by atoms with Crippen molar-refractivity contribution in [2.45, 2.75) is 18.9 Å². The number of halogens is 1. The molecule has 5 heteroatoms. The average molecular weight is 319 g/mol. The van der Waals surface area contributed by atoms with E-state index in [0.29, 0.717) is 11.9 Å². The molecule has 0 aliphatic carbocycles. The Morgan fingerprint density at radius 1 is 1.53 bits per heavy atom. The van der Waals surface area contributed by atoms with Crippen LogP contribution >= 0.6 is 22.6 Å². The van der Waals surface area contributed by atoms with E-state index < -0.39 is 0 Å². The van der Waals surface area contributed by atoms with Gasteiger partial charge in [-0.15, -0.1) is 0 Å². The highest BCUT2D eigenvalue weighted by molar-refractivity contribution is 14.1. The fraction of sp³-hybridized carbons (Fsp3) is 0.500. The molecule has 1 aromatic heterocycles. The summed E-state index contributed by atoms with van der Waals surface area (Å²) in [5.41, 5.74) is 5.68. The monoisotopic (exact) mass is 319 g/mol. The summed E-state index contributed by atoms with van der Waals surface area (Å²) < 4.78 is 6.49. The Bertz CT molecular complexity index is 319. The summed E-state index contributed by atoms with van der Waals surface area (Å²) in [5.74, 6) is 1.40. The van der Waals surface area contributed by atoms with Crippen molar-refractivity contribution in [2.24, 2.45) is 0 Å². The van der Waals surface area contributed by atoms with E-state index in [9.17, 15) is 0 Å². The SMILES string of the molecule is Nc1cc(I)cc(N[C@@H]2CCCOC2)n1. The molecule has 1 atom stereocenters. The third-order valence-electron chi connectivity index (χ3n) is 2.32. The van der Waals surface area contributed by atoms with Crippen LogP contribution in [0.2, 0.25) is 0 Å². The van der Waals surface area contributed by atoms with Gasteiger partial charge in [-0.05, 0) is 47.6 Å². The number of nitrogens with two attached hydrogens (primary N) is 1. The first-order valence-electron chi connectivity index (χ1n) is 5.01. The van der Waals surface area contributed by atoms with Crippen LogP contribution in [0.4, 0.5) is 11.6 Å². The molecule has 82 valence electrons. The van der Waals surface area contributed by atoms with E-state index in [1.54, 1.807) is 0 Å². The maximum atomic E-state index is 5.68. The van der Waals surface area contributed by atoms with Gasteiger partial charge in [0.15, 0.2) is 0 Å². The highest BCUT2D eigenvalue weighted by Crippen LogP contribution is 2.17. The van der Waals surface area contributed by atoms with Crippen molar-refractivity contribution in [3.05, 3.63) is 15.7 Å². The zero-order chi connectivity index (χ0) is 10.7. The lowest BCUT2D eigenvalue weighted by Gasteiger charge is -2.23. The van der Waals surface area contributed by atoms with Gasteiger partial charge in [-0.25, -0.2) is 4.98 Å². The van der Waals surface area contributed by atoms with Gasteiger partial charge >= 0.3 is 0 Å². The second-order valence-corrected chi connectivity index (χ2v) is 4.90. The Kier molecular flexibility index (Phi) is 3.63. The van der Waals surface area contributed by atoms with E-state index in [1.807, 2.05) is 12.1 Å². The number of hydrogen-bond donors (Lipinski definition) is 2. The third-order valence-corrected chi connectivity index (χ3v) is 2.95. The van der Waals surface area contributed by atoms with Gasteiger partial charge in [0.1, 0.15) is 11.6 Å². The molecule has 2 heterocycles. The van der Waals surface area contributed by atoms with Crippen molar-refractivity contribution in [1.29, 1.82) is 0 Å². The zero-order valence-electron chi connectivity index (χ0n) is 8.37. The lowest BCUT2D eigenvalue weighted by Crippen LogP contribution is -2.30. The number of aromatic nitrogens is 1. The van der Waals surface area contributed by atoms with E-state index in [1.165, 1.54) is 0 Å². The highest BCUT2D eigenvalue weighted by Gasteiger charge is 2.14. The van der Waals surface area contributed by atoms with E-state index in [2.05, 4.69) is 32.9 Å². The number of nitrogen functional groups attached to an aromatic ring is 1. The van der Waals surface area contributed by atoms with Gasteiger partial charge in [-0.1, -0.05) is 0 Å². The highest BCUT2D eigenvalue weighted by atomic mass is 127. The number of ether oxygens (including phenoxy) is 1. The van der Waals surface area contributed by atoms with Crippen LogP contribution in [0.3, 0.4) is 0 Å². The summed E-state index contributed by atoms with van der Waals surface area (Å²) >= 11 is 2.23. The van der Waals surface area contributed by atoms with Crippen LogP contribution < -0.4 is 11.1 Å². The Labute approximate surface area is 103 Å². The van der Waals surface area contributed by atoms with E-state index in [4.69, 9.17) is 10.5 Å². The number of hydrogen-bond acceptors (Lipinski definition) is 4. The van der Waals surface area contributed by atoms with Crippen LogP contribution in [0.1, 0.15) is 12.8 Å². The number of nitrogens with zero attached hydrogens (tertiary/aromatic N) is 1. The molecule has 1 fully saturated rings. The van der Waals surface area contributed by atoms with Crippen LogP contribution in [0, 0.1) is 3.57 Å². The molecule has 0 amide bonds. The molecule has 1 aromatic rings. The Morgan fingerprint density at radius 2 is 2.40 bits per heavy atom. The molecule has 1 aliphatic rings. The molecule has 1 aliphatic heterocycles. The quantitative estimate of drug-likeness (QED) is 0.817. The first kappa shape index (κ1) is 10.9. The molecule has 15 heavy (non-hydrogen) atoms. The minimum Gasteiger partial charge on any atom is -0.384 e. The summed E-state index contributed by atoms with van der Waals surface area (Å²) in [7, 11) is 0. The molecule has 0 saturated carbocycles. The normalized spacial score (nSPS) is 21.3. The number of nitrogens with one attached hydrogen (secondary N) is 1. The van der Waals surface area contributed by atoms with Crippen molar-refractivity contribution in [3.8, 4) is 0 Å². The predicted octanol–water partition coefficient (Wildman–Crippen LogP) is 1.86. The zero-order valence-corrected chi connectivity index (χ0v) is 10.5. The fourth-order valence-electron chi connectivity index (χ4n) is 1.65. The maximum absolute atomic E-state index is 5.68. The summed E-state index contributed by atoms with van der Waals surface area (Å²) in [5, 5.41) is 3.34. The van der Waals surface area contributed by atoms with Crippen molar-refractivity contribution >= 4 is 34.2 Å². The van der Waals surface area contributed by atoms with Gasteiger partial charge < -0.3 is 15.8 Å². The number of rotatable bonds is 2. The second-order valence-electron chi connectivity index (χ2n) is 3.65. The molecular formula is C10H14IN3O. The molecule has 0 unspecified atom stereocenters. The maximum Gasteiger partial charge on any atom is 0.129 e. The number of pyridine rings is 1. The molecule has 2 rings (SSSR count). The predicted molar refractivity (Wildman–Crippen MR) is 68.8 cm³/mol. The van der Waals surface area contributed by atoms with Gasteiger partial charge in [0.25, 0.3) is 0 Å². The van der Waals surface area contributed by atoms with Crippen LogP contribution in [0.25, 0.3) is 0 Å². The van der Waals surface area contributed by atoms with Crippen LogP contribution in [-0.4, -0.2) is 24.2 Å². The Morgan fingerprint density at radius 3 is 3.07 bits per heavy atom. The second kappa shape index (κ2) is 4.98. The third kappa shape index (κ3) is 3.20. The standard InChI is InChI=1S/C10H14IN3O/c11-7-4-9(12)14-10(5-7)13-8-2-1-3-15-6-8/h4-5,8H,1-3,6H2,(H3,12,13,14)/t8-/m1/s1. The first-order valence-corrected chi connectivity index (χ1v) is 6.09. The first-order chi connectivity index (χ1) is 7.24. The van der Waals surface area contributed by atoms with Crippen LogP contribution in [0.5, 0.6) is 0 Å². The van der Waals surface area contributed by atoms with Gasteiger partial charge in [0.2, 0.25) is 0 Å². The van der Waals surface area contributed by atoms with E-state index in [0.717, 1.165) is 35.4 Å². The van der Waals surface area contributed by atoms with Gasteiger partial charge in [0, 0.05) is 10.2 Å². The van der Waals surface area contributed by atoms with Crippen LogP contribution in [0.15, 0.2) is 12.1 Å². The minimum absolute atomic E-state index is 0.365. The molecule has 0 aromatic carbocycles. The summed E-state index contributed by atoms with van der Waals surface area (Å²) in [6.07, 6.45) is 2.24. The topological polar surface area (TPSA) is 60.2 Å². The lowest BCUT2D eigenvalue weighted by atomic mass is 10.1. The molecule has 0 spiro atoms. The van der Waals surface area contributed by atoms with Crippen LogP contribution in [-0.2, 0) is 4.74 Å².